The Kier molecular flexibility index (Phi) is 5.59. The average Bonchev–Trinajstić information content (AvgIpc) is 3.22. The van der Waals surface area contributed by atoms with Crippen LogP contribution in [0.2, 0.25) is 0 Å². The summed E-state index contributed by atoms with van der Waals surface area (Å²) in [5.74, 6) is 1.21. The minimum atomic E-state index is -0.217. The van der Waals surface area contributed by atoms with Crippen molar-refractivity contribution < 1.29 is 19.0 Å². The zero-order valence-corrected chi connectivity index (χ0v) is 17.7. The minimum Gasteiger partial charge on any atom is -0.493 e. The van der Waals surface area contributed by atoms with Crippen LogP contribution in [0.3, 0.4) is 0 Å². The van der Waals surface area contributed by atoms with Gasteiger partial charge in [0.25, 0.3) is 5.91 Å². The second-order valence-corrected chi connectivity index (χ2v) is 7.51. The molecule has 4 rings (SSSR count). The van der Waals surface area contributed by atoms with Gasteiger partial charge in [-0.25, -0.2) is 0 Å². The fourth-order valence-corrected chi connectivity index (χ4v) is 4.36. The van der Waals surface area contributed by atoms with Gasteiger partial charge in [-0.05, 0) is 29.1 Å². The van der Waals surface area contributed by atoms with E-state index in [0.29, 0.717) is 28.5 Å². The maximum atomic E-state index is 12.9. The molecule has 0 unspecified atom stereocenters. The molecule has 1 aromatic heterocycles. The summed E-state index contributed by atoms with van der Waals surface area (Å²) in [6.45, 7) is 0. The lowest BCUT2D eigenvalue weighted by Crippen LogP contribution is -2.12. The van der Waals surface area contributed by atoms with E-state index in [0.717, 1.165) is 11.1 Å². The van der Waals surface area contributed by atoms with E-state index >= 15 is 0 Å². The molecule has 0 atom stereocenters. The van der Waals surface area contributed by atoms with Crippen LogP contribution < -0.4 is 19.5 Å². The van der Waals surface area contributed by atoms with Crippen molar-refractivity contribution in [2.45, 2.75) is 0 Å². The Morgan fingerprint density at radius 2 is 1.60 bits per heavy atom. The number of hydrogen-bond donors (Lipinski definition) is 1. The molecule has 4 aromatic rings. The molecule has 1 heterocycles. The number of thiophene rings is 1. The molecule has 3 aromatic carbocycles. The molecule has 0 aliphatic heterocycles. The van der Waals surface area contributed by atoms with Crippen LogP contribution in [0.5, 0.6) is 17.2 Å². The van der Waals surface area contributed by atoms with Crippen molar-refractivity contribution >= 4 is 33.0 Å². The van der Waals surface area contributed by atoms with Gasteiger partial charge in [0.1, 0.15) is 0 Å². The molecule has 0 radical (unpaired) electrons. The second-order valence-electron chi connectivity index (χ2n) is 6.59. The smallest absolute Gasteiger partial charge is 0.255 e. The molecule has 0 fully saturated rings. The van der Waals surface area contributed by atoms with Crippen LogP contribution >= 0.6 is 11.3 Å². The quantitative estimate of drug-likeness (QED) is 0.426. The van der Waals surface area contributed by atoms with Gasteiger partial charge in [0.05, 0.1) is 21.3 Å². The second kappa shape index (κ2) is 8.47. The van der Waals surface area contributed by atoms with E-state index < -0.39 is 0 Å². The van der Waals surface area contributed by atoms with Crippen molar-refractivity contribution in [3.63, 3.8) is 0 Å². The van der Waals surface area contributed by atoms with Gasteiger partial charge in [-0.2, -0.15) is 0 Å². The first-order valence-electron chi connectivity index (χ1n) is 9.32. The number of ether oxygens (including phenoxy) is 3. The SMILES string of the molecule is COc1cc(NC(=O)c2cccc(-c3csc4ccccc34)c2)cc(OC)c1OC. The Bertz CT molecular complexity index is 1190. The highest BCUT2D eigenvalue weighted by Gasteiger charge is 2.16. The fraction of sp³-hybridized carbons (Fsp3) is 0.125. The van der Waals surface area contributed by atoms with Gasteiger partial charge >= 0.3 is 0 Å². The summed E-state index contributed by atoms with van der Waals surface area (Å²) in [5, 5.41) is 6.23. The Labute approximate surface area is 178 Å². The number of carbonyl (C=O) groups excluding carboxylic acids is 1. The molecule has 152 valence electrons. The summed E-state index contributed by atoms with van der Waals surface area (Å²) in [7, 11) is 4.62. The maximum Gasteiger partial charge on any atom is 0.255 e. The van der Waals surface area contributed by atoms with Crippen LogP contribution in [0.1, 0.15) is 10.4 Å². The van der Waals surface area contributed by atoms with Crippen LogP contribution in [-0.2, 0) is 0 Å². The summed E-state index contributed by atoms with van der Waals surface area (Å²) in [6.07, 6.45) is 0. The number of amides is 1. The number of hydrogen-bond acceptors (Lipinski definition) is 5. The summed E-state index contributed by atoms with van der Waals surface area (Å²) in [6, 6.07) is 19.3. The Morgan fingerprint density at radius 3 is 2.30 bits per heavy atom. The molecule has 5 nitrogen and oxygen atoms in total. The Balaban J connectivity index is 1.64. The predicted octanol–water partition coefficient (Wildman–Crippen LogP) is 5.85. The summed E-state index contributed by atoms with van der Waals surface area (Å²) >= 11 is 1.70. The monoisotopic (exact) mass is 419 g/mol. The number of methoxy groups -OCH3 is 3. The number of rotatable bonds is 6. The van der Waals surface area contributed by atoms with E-state index in [9.17, 15) is 4.79 Å². The number of anilines is 1. The zero-order valence-electron chi connectivity index (χ0n) is 16.9. The van der Waals surface area contributed by atoms with Crippen molar-refractivity contribution in [3.8, 4) is 28.4 Å². The maximum absolute atomic E-state index is 12.9. The van der Waals surface area contributed by atoms with Crippen LogP contribution in [-0.4, -0.2) is 27.2 Å². The van der Waals surface area contributed by atoms with E-state index in [1.54, 1.807) is 29.5 Å². The van der Waals surface area contributed by atoms with Crippen molar-refractivity contribution in [3.05, 3.63) is 71.6 Å². The third-order valence-corrected chi connectivity index (χ3v) is 5.80. The highest BCUT2D eigenvalue weighted by molar-refractivity contribution is 7.17. The summed E-state index contributed by atoms with van der Waals surface area (Å²) in [4.78, 5) is 12.9. The van der Waals surface area contributed by atoms with E-state index in [2.05, 4.69) is 22.8 Å². The van der Waals surface area contributed by atoms with Crippen LogP contribution in [0.4, 0.5) is 5.69 Å². The molecule has 1 N–H and O–H groups in total. The van der Waals surface area contributed by atoms with E-state index in [4.69, 9.17) is 14.2 Å². The molecule has 1 amide bonds. The first kappa shape index (κ1) is 19.8. The molecule has 30 heavy (non-hydrogen) atoms. The van der Waals surface area contributed by atoms with Gasteiger partial charge < -0.3 is 19.5 Å². The third-order valence-electron chi connectivity index (χ3n) is 4.84. The predicted molar refractivity (Wildman–Crippen MR) is 121 cm³/mol. The van der Waals surface area contributed by atoms with Crippen molar-refractivity contribution in [2.24, 2.45) is 0 Å². The molecule has 0 saturated carbocycles. The molecular weight excluding hydrogens is 398 g/mol. The topological polar surface area (TPSA) is 56.8 Å². The number of benzene rings is 3. The van der Waals surface area contributed by atoms with Crippen LogP contribution in [0.15, 0.2) is 66.0 Å². The molecule has 0 aliphatic carbocycles. The highest BCUT2D eigenvalue weighted by atomic mass is 32.1. The first-order valence-corrected chi connectivity index (χ1v) is 10.2. The zero-order chi connectivity index (χ0) is 21.1. The van der Waals surface area contributed by atoms with Gasteiger partial charge in [-0.1, -0.05) is 30.3 Å². The molecule has 0 saturated heterocycles. The van der Waals surface area contributed by atoms with E-state index in [-0.39, 0.29) is 5.91 Å². The lowest BCUT2D eigenvalue weighted by Gasteiger charge is -2.14. The van der Waals surface area contributed by atoms with Gasteiger partial charge in [0.15, 0.2) is 11.5 Å². The number of nitrogens with one attached hydrogen (secondary N) is 1. The van der Waals surface area contributed by atoms with E-state index in [1.165, 1.54) is 31.4 Å². The largest absolute Gasteiger partial charge is 0.493 e. The summed E-state index contributed by atoms with van der Waals surface area (Å²) in [5.41, 5.74) is 3.25. The van der Waals surface area contributed by atoms with Gasteiger partial charge in [-0.3, -0.25) is 4.79 Å². The molecule has 0 bridgehead atoms. The first-order chi connectivity index (χ1) is 14.6. The van der Waals surface area contributed by atoms with Gasteiger partial charge in [0, 0.05) is 39.0 Å². The Hall–Kier alpha value is -3.51. The molecule has 0 spiro atoms. The van der Waals surface area contributed by atoms with Crippen LogP contribution in [0, 0.1) is 0 Å². The highest BCUT2D eigenvalue weighted by Crippen LogP contribution is 2.40. The van der Waals surface area contributed by atoms with Crippen molar-refractivity contribution in [1.82, 2.24) is 0 Å². The molecular formula is C24H21NO4S. The van der Waals surface area contributed by atoms with Crippen LogP contribution in [0.25, 0.3) is 21.2 Å². The van der Waals surface area contributed by atoms with Crippen molar-refractivity contribution in [2.75, 3.05) is 26.6 Å². The van der Waals surface area contributed by atoms with Gasteiger partial charge in [-0.15, -0.1) is 11.3 Å². The number of carbonyl (C=O) groups is 1. The fourth-order valence-electron chi connectivity index (χ4n) is 3.39. The minimum absolute atomic E-state index is 0.217. The van der Waals surface area contributed by atoms with E-state index in [1.807, 2.05) is 30.3 Å². The third kappa shape index (κ3) is 3.69. The average molecular weight is 420 g/mol. The lowest BCUT2D eigenvalue weighted by atomic mass is 10.0. The normalized spacial score (nSPS) is 10.6. The number of fused-ring (bicyclic) bond motifs is 1. The summed E-state index contributed by atoms with van der Waals surface area (Å²) < 4.78 is 17.3. The standard InChI is InChI=1S/C24H21NO4S/c1-27-20-12-17(13-21(28-2)23(20)29-3)25-24(26)16-8-6-7-15(11-16)19-14-30-22-10-5-4-9-18(19)22/h4-14H,1-3H3,(H,25,26). The molecule has 0 aliphatic rings. The molecule has 6 heteroatoms. The van der Waals surface area contributed by atoms with Crippen molar-refractivity contribution in [1.29, 1.82) is 0 Å². The Morgan fingerprint density at radius 1 is 0.867 bits per heavy atom. The van der Waals surface area contributed by atoms with Gasteiger partial charge in [0.2, 0.25) is 5.75 Å². The lowest BCUT2D eigenvalue weighted by molar-refractivity contribution is 0.102.